The molecule has 0 saturated carbocycles. The standard InChI is InChI=1S/C51H98O6/c1-5-8-10-12-14-15-16-17-18-19-20-21-22-23-28-32-36-40-44-51(54)57-48(45-55-49(52)42-38-34-29-13-11-9-6-2)46-56-50(53)43-39-35-31-27-25-24-26-30-33-37-41-47(4)7-3/h47-48H,5-46H2,1-4H3/t47?,48-/m1/s1. The van der Waals surface area contributed by atoms with E-state index in [1.54, 1.807) is 0 Å². The van der Waals surface area contributed by atoms with Crippen molar-refractivity contribution < 1.29 is 28.6 Å². The topological polar surface area (TPSA) is 78.9 Å². The molecule has 0 aromatic carbocycles. The summed E-state index contributed by atoms with van der Waals surface area (Å²) in [5.74, 6) is 0.0163. The number of esters is 3. The van der Waals surface area contributed by atoms with Gasteiger partial charge < -0.3 is 14.2 Å². The molecule has 0 spiro atoms. The van der Waals surface area contributed by atoms with Crippen LogP contribution in [0.1, 0.15) is 285 Å². The van der Waals surface area contributed by atoms with E-state index in [-0.39, 0.29) is 31.1 Å². The number of carbonyl (C=O) groups excluding carboxylic acids is 3. The molecular weight excluding hydrogens is 709 g/mol. The van der Waals surface area contributed by atoms with Gasteiger partial charge in [-0.1, -0.05) is 246 Å². The third kappa shape index (κ3) is 43.8. The Hall–Kier alpha value is -1.59. The SMILES string of the molecule is CCCCCCCCCCCCCCCCCCCCC(=O)O[C@H](COC(=O)CCCCCCCCC)COC(=O)CCCCCCCCCCCCC(C)CC. The molecule has 1 unspecified atom stereocenters. The second-order valence-corrected chi connectivity index (χ2v) is 17.7. The Bertz CT molecular complexity index is 859. The Balaban J connectivity index is 4.20. The van der Waals surface area contributed by atoms with Gasteiger partial charge >= 0.3 is 17.9 Å². The van der Waals surface area contributed by atoms with Gasteiger partial charge in [0.25, 0.3) is 0 Å². The molecule has 0 bridgehead atoms. The molecule has 0 rings (SSSR count). The van der Waals surface area contributed by atoms with Crippen LogP contribution in [0.25, 0.3) is 0 Å². The Labute approximate surface area is 355 Å². The van der Waals surface area contributed by atoms with E-state index in [1.807, 2.05) is 0 Å². The summed E-state index contributed by atoms with van der Waals surface area (Å²) in [6.45, 7) is 9.01. The molecule has 0 aliphatic rings. The van der Waals surface area contributed by atoms with Crippen LogP contribution in [0.4, 0.5) is 0 Å². The van der Waals surface area contributed by atoms with Crippen LogP contribution in [0.3, 0.4) is 0 Å². The summed E-state index contributed by atoms with van der Waals surface area (Å²) in [5.41, 5.74) is 0. The van der Waals surface area contributed by atoms with Crippen molar-refractivity contribution in [2.24, 2.45) is 5.92 Å². The molecule has 0 aromatic heterocycles. The lowest BCUT2D eigenvalue weighted by Crippen LogP contribution is -2.30. The maximum absolute atomic E-state index is 12.8. The van der Waals surface area contributed by atoms with Crippen LogP contribution >= 0.6 is 0 Å². The van der Waals surface area contributed by atoms with E-state index in [0.29, 0.717) is 19.3 Å². The highest BCUT2D eigenvalue weighted by atomic mass is 16.6. The maximum atomic E-state index is 12.8. The van der Waals surface area contributed by atoms with E-state index in [2.05, 4.69) is 27.7 Å². The molecule has 57 heavy (non-hydrogen) atoms. The maximum Gasteiger partial charge on any atom is 0.306 e. The van der Waals surface area contributed by atoms with Gasteiger partial charge in [0.15, 0.2) is 6.10 Å². The molecule has 0 fully saturated rings. The largest absolute Gasteiger partial charge is 0.462 e. The first-order chi connectivity index (χ1) is 27.9. The van der Waals surface area contributed by atoms with E-state index in [4.69, 9.17) is 14.2 Å². The minimum atomic E-state index is -0.759. The van der Waals surface area contributed by atoms with Gasteiger partial charge in [-0.2, -0.15) is 0 Å². The third-order valence-corrected chi connectivity index (χ3v) is 11.9. The molecule has 0 saturated heterocycles. The van der Waals surface area contributed by atoms with Gasteiger partial charge in [-0.3, -0.25) is 14.4 Å². The fraction of sp³-hybridized carbons (Fsp3) is 0.941. The Kier molecular flexibility index (Phi) is 44.2. The lowest BCUT2D eigenvalue weighted by Gasteiger charge is -2.18. The van der Waals surface area contributed by atoms with E-state index in [1.165, 1.54) is 180 Å². The quantitative estimate of drug-likeness (QED) is 0.0346. The predicted molar refractivity (Wildman–Crippen MR) is 243 cm³/mol. The average Bonchev–Trinajstić information content (AvgIpc) is 3.21. The minimum absolute atomic E-state index is 0.0637. The van der Waals surface area contributed by atoms with Crippen molar-refractivity contribution in [1.29, 1.82) is 0 Å². The average molecular weight is 807 g/mol. The fourth-order valence-electron chi connectivity index (χ4n) is 7.66. The van der Waals surface area contributed by atoms with Crippen molar-refractivity contribution in [3.05, 3.63) is 0 Å². The summed E-state index contributed by atoms with van der Waals surface area (Å²) >= 11 is 0. The number of unbranched alkanes of at least 4 members (excludes halogenated alkanes) is 32. The van der Waals surface area contributed by atoms with Gasteiger partial charge in [-0.15, -0.1) is 0 Å². The van der Waals surface area contributed by atoms with Crippen LogP contribution in [0.2, 0.25) is 0 Å². The van der Waals surface area contributed by atoms with Crippen LogP contribution in [-0.2, 0) is 28.6 Å². The second-order valence-electron chi connectivity index (χ2n) is 17.7. The zero-order chi connectivity index (χ0) is 41.7. The summed E-state index contributed by atoms with van der Waals surface area (Å²) in [4.78, 5) is 37.7. The van der Waals surface area contributed by atoms with Crippen molar-refractivity contribution in [2.75, 3.05) is 13.2 Å². The second kappa shape index (κ2) is 45.5. The molecule has 2 atom stereocenters. The zero-order valence-electron chi connectivity index (χ0n) is 38.8. The highest BCUT2D eigenvalue weighted by Gasteiger charge is 2.19. The van der Waals surface area contributed by atoms with Crippen molar-refractivity contribution in [3.63, 3.8) is 0 Å². The molecular formula is C51H98O6. The smallest absolute Gasteiger partial charge is 0.306 e. The number of carbonyl (C=O) groups is 3. The normalized spacial score (nSPS) is 12.4. The Morgan fingerprint density at radius 1 is 0.351 bits per heavy atom. The number of hydrogen-bond donors (Lipinski definition) is 0. The molecule has 0 aliphatic carbocycles. The summed E-state index contributed by atoms with van der Waals surface area (Å²) < 4.78 is 16.7. The van der Waals surface area contributed by atoms with Crippen LogP contribution in [0.15, 0.2) is 0 Å². The first-order valence-electron chi connectivity index (χ1n) is 25.4. The molecule has 0 aliphatic heterocycles. The Morgan fingerprint density at radius 3 is 0.912 bits per heavy atom. The lowest BCUT2D eigenvalue weighted by atomic mass is 9.99. The third-order valence-electron chi connectivity index (χ3n) is 11.9. The molecule has 0 radical (unpaired) electrons. The summed E-state index contributed by atoms with van der Waals surface area (Å²) in [6.07, 6.45) is 46.7. The van der Waals surface area contributed by atoms with Crippen LogP contribution in [-0.4, -0.2) is 37.2 Å². The highest BCUT2D eigenvalue weighted by molar-refractivity contribution is 5.71. The summed E-state index contributed by atoms with van der Waals surface area (Å²) in [6, 6.07) is 0. The van der Waals surface area contributed by atoms with Gasteiger partial charge in [-0.05, 0) is 25.2 Å². The number of rotatable bonds is 46. The molecule has 6 heteroatoms. The Morgan fingerprint density at radius 2 is 0.614 bits per heavy atom. The predicted octanol–water partition coefficient (Wildman–Crippen LogP) is 16.3. The van der Waals surface area contributed by atoms with Gasteiger partial charge in [0, 0.05) is 19.3 Å². The molecule has 338 valence electrons. The molecule has 0 aromatic rings. The summed E-state index contributed by atoms with van der Waals surface area (Å²) in [5, 5.41) is 0. The first-order valence-corrected chi connectivity index (χ1v) is 25.4. The lowest BCUT2D eigenvalue weighted by molar-refractivity contribution is -0.167. The van der Waals surface area contributed by atoms with Crippen molar-refractivity contribution in [1.82, 2.24) is 0 Å². The monoisotopic (exact) mass is 807 g/mol. The van der Waals surface area contributed by atoms with Crippen LogP contribution < -0.4 is 0 Å². The fourth-order valence-corrected chi connectivity index (χ4v) is 7.66. The van der Waals surface area contributed by atoms with E-state index in [0.717, 1.165) is 63.7 Å². The van der Waals surface area contributed by atoms with E-state index < -0.39 is 6.10 Å². The van der Waals surface area contributed by atoms with E-state index >= 15 is 0 Å². The van der Waals surface area contributed by atoms with E-state index in [9.17, 15) is 14.4 Å². The van der Waals surface area contributed by atoms with Crippen molar-refractivity contribution in [3.8, 4) is 0 Å². The van der Waals surface area contributed by atoms with Gasteiger partial charge in [0.1, 0.15) is 13.2 Å². The number of ether oxygens (including phenoxy) is 3. The summed E-state index contributed by atoms with van der Waals surface area (Å²) in [7, 11) is 0. The molecule has 0 amide bonds. The van der Waals surface area contributed by atoms with Crippen molar-refractivity contribution in [2.45, 2.75) is 291 Å². The van der Waals surface area contributed by atoms with Crippen molar-refractivity contribution >= 4 is 17.9 Å². The van der Waals surface area contributed by atoms with Gasteiger partial charge in [-0.25, -0.2) is 0 Å². The van der Waals surface area contributed by atoms with Gasteiger partial charge in [0.2, 0.25) is 0 Å². The minimum Gasteiger partial charge on any atom is -0.462 e. The zero-order valence-corrected chi connectivity index (χ0v) is 38.8. The highest BCUT2D eigenvalue weighted by Crippen LogP contribution is 2.17. The van der Waals surface area contributed by atoms with Gasteiger partial charge in [0.05, 0.1) is 0 Å². The molecule has 0 N–H and O–H groups in total. The molecule has 0 heterocycles. The van der Waals surface area contributed by atoms with Crippen LogP contribution in [0.5, 0.6) is 0 Å². The first kappa shape index (κ1) is 55.4. The molecule has 6 nitrogen and oxygen atoms in total. The number of hydrogen-bond acceptors (Lipinski definition) is 6. The van der Waals surface area contributed by atoms with Crippen LogP contribution in [0, 0.1) is 5.92 Å².